The van der Waals surface area contributed by atoms with Crippen LogP contribution in [0.25, 0.3) is 10.8 Å². The minimum atomic E-state index is -0.694. The molecular formula is C29H28N2O3. The summed E-state index contributed by atoms with van der Waals surface area (Å²) in [6, 6.07) is 30.3. The number of hydrogen-bond donors (Lipinski definition) is 2. The van der Waals surface area contributed by atoms with Crippen molar-refractivity contribution in [3.05, 3.63) is 108 Å². The molecule has 2 amide bonds. The van der Waals surface area contributed by atoms with E-state index in [2.05, 4.69) is 10.6 Å². The standard InChI is InChI=1S/C29H28N2O3/c1-3-27(34-24-18-17-22-13-7-8-14-23(22)19-24)29(33)31-26-16-10-9-15-25(26)28(32)30-20(2)21-11-5-4-6-12-21/h4-20,27H,3H2,1-2H3,(H,30,32)(H,31,33)/t20-,27+/m0/s1. The largest absolute Gasteiger partial charge is 0.481 e. The SMILES string of the molecule is CC[C@@H](Oc1ccc2ccccc2c1)C(=O)Nc1ccccc1C(=O)N[C@@H](C)c1ccccc1. The number of benzene rings is 4. The van der Waals surface area contributed by atoms with Gasteiger partial charge in [0, 0.05) is 0 Å². The van der Waals surface area contributed by atoms with E-state index in [1.54, 1.807) is 24.3 Å². The van der Waals surface area contributed by atoms with E-state index in [0.29, 0.717) is 23.4 Å². The molecule has 5 nitrogen and oxygen atoms in total. The minimum Gasteiger partial charge on any atom is -0.481 e. The van der Waals surface area contributed by atoms with E-state index >= 15 is 0 Å². The van der Waals surface area contributed by atoms with Crippen LogP contribution in [0.15, 0.2) is 97.1 Å². The van der Waals surface area contributed by atoms with Crippen molar-refractivity contribution >= 4 is 28.3 Å². The van der Waals surface area contributed by atoms with Crippen LogP contribution in [-0.2, 0) is 4.79 Å². The second-order valence-corrected chi connectivity index (χ2v) is 8.16. The highest BCUT2D eigenvalue weighted by molar-refractivity contribution is 6.04. The molecular weight excluding hydrogens is 424 g/mol. The molecule has 4 aromatic carbocycles. The molecule has 2 atom stereocenters. The van der Waals surface area contributed by atoms with Gasteiger partial charge in [-0.15, -0.1) is 0 Å². The highest BCUT2D eigenvalue weighted by Crippen LogP contribution is 2.23. The summed E-state index contributed by atoms with van der Waals surface area (Å²) in [5, 5.41) is 8.05. The quantitative estimate of drug-likeness (QED) is 0.338. The predicted octanol–water partition coefficient (Wildman–Crippen LogP) is 6.13. The first-order valence-electron chi connectivity index (χ1n) is 11.5. The molecule has 0 aromatic heterocycles. The zero-order valence-electron chi connectivity index (χ0n) is 19.3. The van der Waals surface area contributed by atoms with Gasteiger partial charge >= 0.3 is 0 Å². The van der Waals surface area contributed by atoms with E-state index in [1.165, 1.54) is 0 Å². The summed E-state index contributed by atoms with van der Waals surface area (Å²) in [4.78, 5) is 26.1. The van der Waals surface area contributed by atoms with Crippen molar-refractivity contribution in [2.24, 2.45) is 0 Å². The van der Waals surface area contributed by atoms with Crippen molar-refractivity contribution in [1.29, 1.82) is 0 Å². The summed E-state index contributed by atoms with van der Waals surface area (Å²) in [5.74, 6) is 0.0752. The Kier molecular flexibility index (Phi) is 7.23. The molecule has 4 aromatic rings. The van der Waals surface area contributed by atoms with Gasteiger partial charge in [-0.1, -0.05) is 79.7 Å². The van der Waals surface area contributed by atoms with E-state index < -0.39 is 6.10 Å². The van der Waals surface area contributed by atoms with Crippen LogP contribution in [0, 0.1) is 0 Å². The Morgan fingerprint density at radius 3 is 2.26 bits per heavy atom. The van der Waals surface area contributed by atoms with Crippen molar-refractivity contribution in [3.8, 4) is 5.75 Å². The van der Waals surface area contributed by atoms with Crippen molar-refractivity contribution in [3.63, 3.8) is 0 Å². The molecule has 0 radical (unpaired) electrons. The maximum Gasteiger partial charge on any atom is 0.265 e. The highest BCUT2D eigenvalue weighted by Gasteiger charge is 2.22. The Morgan fingerprint density at radius 2 is 1.50 bits per heavy atom. The van der Waals surface area contributed by atoms with Crippen LogP contribution in [0.5, 0.6) is 5.75 Å². The maximum absolute atomic E-state index is 13.1. The van der Waals surface area contributed by atoms with Crippen LogP contribution in [0.1, 0.15) is 42.2 Å². The number of rotatable bonds is 8. The van der Waals surface area contributed by atoms with Gasteiger partial charge in [-0.25, -0.2) is 0 Å². The normalized spacial score (nSPS) is 12.5. The molecule has 2 N–H and O–H groups in total. The first-order chi connectivity index (χ1) is 16.5. The molecule has 0 spiro atoms. The molecule has 0 unspecified atom stereocenters. The van der Waals surface area contributed by atoms with E-state index in [-0.39, 0.29) is 17.9 Å². The summed E-state index contributed by atoms with van der Waals surface area (Å²) in [5.41, 5.74) is 1.86. The molecule has 0 aliphatic heterocycles. The van der Waals surface area contributed by atoms with Crippen molar-refractivity contribution in [1.82, 2.24) is 5.32 Å². The number of nitrogens with one attached hydrogen (secondary N) is 2. The number of amides is 2. The Balaban J connectivity index is 1.46. The number of hydrogen-bond acceptors (Lipinski definition) is 3. The lowest BCUT2D eigenvalue weighted by atomic mass is 10.1. The van der Waals surface area contributed by atoms with Gasteiger partial charge in [0.1, 0.15) is 5.75 Å². The molecule has 0 fully saturated rings. The Bertz CT molecular complexity index is 1290. The number of anilines is 1. The minimum absolute atomic E-state index is 0.169. The van der Waals surface area contributed by atoms with Crippen LogP contribution in [0.3, 0.4) is 0 Å². The van der Waals surface area contributed by atoms with Crippen molar-refractivity contribution in [2.75, 3.05) is 5.32 Å². The van der Waals surface area contributed by atoms with Gasteiger partial charge < -0.3 is 15.4 Å². The highest BCUT2D eigenvalue weighted by atomic mass is 16.5. The molecule has 34 heavy (non-hydrogen) atoms. The number of carbonyl (C=O) groups excluding carboxylic acids is 2. The number of fused-ring (bicyclic) bond motifs is 1. The molecule has 0 saturated heterocycles. The van der Waals surface area contributed by atoms with Gasteiger partial charge in [-0.05, 0) is 53.9 Å². The maximum atomic E-state index is 13.1. The monoisotopic (exact) mass is 452 g/mol. The van der Waals surface area contributed by atoms with Crippen molar-refractivity contribution in [2.45, 2.75) is 32.4 Å². The smallest absolute Gasteiger partial charge is 0.265 e. The molecule has 172 valence electrons. The number of ether oxygens (including phenoxy) is 1. The molecule has 4 rings (SSSR count). The molecule has 0 aliphatic rings. The van der Waals surface area contributed by atoms with Crippen LogP contribution in [0.4, 0.5) is 5.69 Å². The van der Waals surface area contributed by atoms with E-state index in [1.807, 2.05) is 86.6 Å². The summed E-state index contributed by atoms with van der Waals surface area (Å²) in [6.45, 7) is 3.82. The van der Waals surface area contributed by atoms with Gasteiger partial charge in [0.15, 0.2) is 6.10 Å². The number of para-hydroxylation sites is 1. The first-order valence-corrected chi connectivity index (χ1v) is 11.5. The Labute approximate surface area is 199 Å². The second-order valence-electron chi connectivity index (χ2n) is 8.16. The van der Waals surface area contributed by atoms with Gasteiger partial charge in [-0.3, -0.25) is 9.59 Å². The topological polar surface area (TPSA) is 67.4 Å². The average Bonchev–Trinajstić information content (AvgIpc) is 2.87. The molecule has 0 saturated carbocycles. The third kappa shape index (κ3) is 5.44. The van der Waals surface area contributed by atoms with Gasteiger partial charge in [0.2, 0.25) is 0 Å². The summed E-state index contributed by atoms with van der Waals surface area (Å²) < 4.78 is 6.02. The zero-order chi connectivity index (χ0) is 23.9. The zero-order valence-corrected chi connectivity index (χ0v) is 19.3. The summed E-state index contributed by atoms with van der Waals surface area (Å²) >= 11 is 0. The Hall–Kier alpha value is -4.12. The third-order valence-corrected chi connectivity index (χ3v) is 5.74. The molecule has 5 heteroatoms. The fraction of sp³-hybridized carbons (Fsp3) is 0.172. The molecule has 0 heterocycles. The number of carbonyl (C=O) groups is 2. The average molecular weight is 453 g/mol. The van der Waals surface area contributed by atoms with Crippen LogP contribution >= 0.6 is 0 Å². The molecule has 0 aliphatic carbocycles. The van der Waals surface area contributed by atoms with Crippen LogP contribution < -0.4 is 15.4 Å². The van der Waals surface area contributed by atoms with E-state index in [4.69, 9.17) is 4.74 Å². The lowest BCUT2D eigenvalue weighted by Crippen LogP contribution is -2.34. The molecule has 0 bridgehead atoms. The lowest BCUT2D eigenvalue weighted by molar-refractivity contribution is -0.122. The van der Waals surface area contributed by atoms with Gasteiger partial charge in [0.05, 0.1) is 17.3 Å². The van der Waals surface area contributed by atoms with Crippen LogP contribution in [-0.4, -0.2) is 17.9 Å². The summed E-state index contributed by atoms with van der Waals surface area (Å²) in [7, 11) is 0. The predicted molar refractivity (Wildman–Crippen MR) is 136 cm³/mol. The lowest BCUT2D eigenvalue weighted by Gasteiger charge is -2.20. The van der Waals surface area contributed by atoms with Crippen molar-refractivity contribution < 1.29 is 14.3 Å². The fourth-order valence-corrected chi connectivity index (χ4v) is 3.83. The van der Waals surface area contributed by atoms with E-state index in [9.17, 15) is 9.59 Å². The second kappa shape index (κ2) is 10.7. The van der Waals surface area contributed by atoms with Gasteiger partial charge in [-0.2, -0.15) is 0 Å². The van der Waals surface area contributed by atoms with Crippen LogP contribution in [0.2, 0.25) is 0 Å². The summed E-state index contributed by atoms with van der Waals surface area (Å²) in [6.07, 6.45) is -0.210. The third-order valence-electron chi connectivity index (χ3n) is 5.74. The first kappa shape index (κ1) is 23.1. The fourth-order valence-electron chi connectivity index (χ4n) is 3.83. The van der Waals surface area contributed by atoms with E-state index in [0.717, 1.165) is 16.3 Å². The Morgan fingerprint density at radius 1 is 0.824 bits per heavy atom. The van der Waals surface area contributed by atoms with Gasteiger partial charge in [0.25, 0.3) is 11.8 Å².